The quantitative estimate of drug-likeness (QED) is 0.767. The van der Waals surface area contributed by atoms with E-state index < -0.39 is 23.5 Å². The number of ether oxygens (including phenoxy) is 1. The van der Waals surface area contributed by atoms with E-state index in [9.17, 15) is 22.4 Å². The molecule has 6 nitrogen and oxygen atoms in total. The summed E-state index contributed by atoms with van der Waals surface area (Å²) in [6, 6.07) is 4.36. The molecule has 1 aliphatic heterocycles. The highest BCUT2D eigenvalue weighted by Crippen LogP contribution is 2.31. The highest BCUT2D eigenvalue weighted by molar-refractivity contribution is 5.85. The van der Waals surface area contributed by atoms with Crippen molar-refractivity contribution < 1.29 is 32.2 Å². The van der Waals surface area contributed by atoms with Crippen LogP contribution in [-0.4, -0.2) is 39.4 Å². The fourth-order valence-electron chi connectivity index (χ4n) is 2.79. The van der Waals surface area contributed by atoms with Gasteiger partial charge in [-0.2, -0.15) is 18.3 Å². The Morgan fingerprint density at radius 2 is 2.07 bits per heavy atom. The first-order valence-corrected chi connectivity index (χ1v) is 8.67. The molecule has 0 unspecified atom stereocenters. The highest BCUT2D eigenvalue weighted by atomic mass is 19.4. The van der Waals surface area contributed by atoms with E-state index in [1.807, 2.05) is 0 Å². The second-order valence-electron chi connectivity index (χ2n) is 6.30. The summed E-state index contributed by atoms with van der Waals surface area (Å²) in [6.45, 7) is 6.21. The molecule has 158 valence electrons. The lowest BCUT2D eigenvalue weighted by molar-refractivity contribution is -0.140. The number of benzene rings is 1. The van der Waals surface area contributed by atoms with Crippen molar-refractivity contribution in [2.45, 2.75) is 32.3 Å². The van der Waals surface area contributed by atoms with Crippen LogP contribution in [0.1, 0.15) is 33.7 Å². The van der Waals surface area contributed by atoms with Gasteiger partial charge in [-0.15, -0.1) is 0 Å². The third kappa shape index (κ3) is 6.05. The number of nitrogens with zero attached hydrogens (tertiary/aromatic N) is 3. The van der Waals surface area contributed by atoms with Gasteiger partial charge in [0.2, 0.25) is 0 Å². The molecule has 2 heterocycles. The summed E-state index contributed by atoms with van der Waals surface area (Å²) in [5.74, 6) is -2.24. The Labute approximate surface area is 165 Å². The summed E-state index contributed by atoms with van der Waals surface area (Å²) in [6.07, 6.45) is -1.90. The molecule has 29 heavy (non-hydrogen) atoms. The molecule has 0 saturated carbocycles. The number of rotatable bonds is 4. The molecule has 2 aromatic rings. The Morgan fingerprint density at radius 3 is 2.62 bits per heavy atom. The third-order valence-corrected chi connectivity index (χ3v) is 4.17. The van der Waals surface area contributed by atoms with Gasteiger partial charge in [0.1, 0.15) is 5.82 Å². The minimum Gasteiger partial charge on any atom is -0.476 e. The van der Waals surface area contributed by atoms with Gasteiger partial charge in [0.05, 0.1) is 24.4 Å². The first-order chi connectivity index (χ1) is 13.7. The number of carboxylic acid groups (broad SMARTS) is 1. The summed E-state index contributed by atoms with van der Waals surface area (Å²) < 4.78 is 55.6. The normalized spacial score (nSPS) is 13.8. The van der Waals surface area contributed by atoms with Gasteiger partial charge in [0, 0.05) is 20.2 Å². The molecule has 0 atom stereocenters. The van der Waals surface area contributed by atoms with E-state index in [0.717, 1.165) is 31.3 Å². The number of hydrogen-bond donors (Lipinski definition) is 1. The first-order valence-electron chi connectivity index (χ1n) is 8.67. The summed E-state index contributed by atoms with van der Waals surface area (Å²) >= 11 is 0. The van der Waals surface area contributed by atoms with Gasteiger partial charge < -0.3 is 14.7 Å². The van der Waals surface area contributed by atoms with Crippen LogP contribution < -0.4 is 0 Å². The van der Waals surface area contributed by atoms with Gasteiger partial charge >= 0.3 is 12.1 Å². The molecule has 1 aliphatic rings. The Hall–Kier alpha value is -2.88. The molecule has 0 fully saturated rings. The van der Waals surface area contributed by atoms with Gasteiger partial charge in [0.25, 0.3) is 0 Å². The molecule has 0 bridgehead atoms. The average Bonchev–Trinajstić information content (AvgIpc) is 2.94. The third-order valence-electron chi connectivity index (χ3n) is 4.17. The van der Waals surface area contributed by atoms with E-state index in [1.54, 1.807) is 16.9 Å². The maximum atomic E-state index is 12.9. The number of aryl methyl sites for hydroxylation is 1. The van der Waals surface area contributed by atoms with Crippen molar-refractivity contribution >= 4 is 5.97 Å². The molecule has 10 heteroatoms. The van der Waals surface area contributed by atoms with Crippen LogP contribution in [0.5, 0.6) is 0 Å². The molecule has 0 aliphatic carbocycles. The van der Waals surface area contributed by atoms with Crippen molar-refractivity contribution in [2.24, 2.45) is 0 Å². The molecule has 0 saturated heterocycles. The number of carboxylic acids is 1. The summed E-state index contributed by atoms with van der Waals surface area (Å²) in [5, 5.41) is 12.9. The molecule has 0 amide bonds. The molecular formula is C19H21F4N3O3. The second kappa shape index (κ2) is 9.55. The zero-order chi connectivity index (χ0) is 21.6. The molecular weight excluding hydrogens is 394 g/mol. The van der Waals surface area contributed by atoms with Crippen LogP contribution in [0.25, 0.3) is 0 Å². The summed E-state index contributed by atoms with van der Waals surface area (Å²) in [4.78, 5) is 12.8. The van der Waals surface area contributed by atoms with E-state index in [1.165, 1.54) is 13.2 Å². The average molecular weight is 415 g/mol. The number of aromatic nitrogens is 2. The van der Waals surface area contributed by atoms with Crippen LogP contribution in [0.4, 0.5) is 17.6 Å². The fraction of sp³-hybridized carbons (Fsp3) is 0.368. The number of methoxy groups -OCH3 is 1. The van der Waals surface area contributed by atoms with Crippen LogP contribution in [0.15, 0.2) is 37.0 Å². The van der Waals surface area contributed by atoms with Gasteiger partial charge in [-0.1, -0.05) is 12.6 Å². The van der Waals surface area contributed by atoms with Crippen LogP contribution in [-0.2, 0) is 30.6 Å². The molecule has 1 aromatic heterocycles. The maximum Gasteiger partial charge on any atom is 0.419 e. The zero-order valence-corrected chi connectivity index (χ0v) is 15.7. The number of fused-ring (bicyclic) bond motifs is 1. The number of alkyl halides is 3. The number of halogens is 4. The standard InChI is InChI=1S/C10H13N3O2.C9H8F4O/c1-2-12-4-3-5-13-8(7-12)6-9(11-13)10(14)15;1-14-5-6-2-3-7(8(10)4-6)9(11,12)13/h2,6H,1,3-5,7H2,(H,14,15);2-4H,5H2,1H3. The number of hydrogen-bond acceptors (Lipinski definition) is 4. The predicted molar refractivity (Wildman–Crippen MR) is 96.5 cm³/mol. The van der Waals surface area contributed by atoms with Crippen LogP contribution in [0.2, 0.25) is 0 Å². The Kier molecular flexibility index (Phi) is 7.38. The maximum absolute atomic E-state index is 12.9. The van der Waals surface area contributed by atoms with Crippen LogP contribution in [0.3, 0.4) is 0 Å². The van der Waals surface area contributed by atoms with E-state index in [0.29, 0.717) is 18.2 Å². The van der Waals surface area contributed by atoms with Crippen molar-refractivity contribution in [3.05, 3.63) is 65.4 Å². The van der Waals surface area contributed by atoms with Gasteiger partial charge in [-0.25, -0.2) is 9.18 Å². The van der Waals surface area contributed by atoms with Crippen molar-refractivity contribution in [3.8, 4) is 0 Å². The number of aromatic carboxylic acids is 1. The topological polar surface area (TPSA) is 67.6 Å². The summed E-state index contributed by atoms with van der Waals surface area (Å²) in [7, 11) is 1.38. The smallest absolute Gasteiger partial charge is 0.419 e. The minimum absolute atomic E-state index is 0.0923. The summed E-state index contributed by atoms with van der Waals surface area (Å²) in [5.41, 5.74) is 0.177. The zero-order valence-electron chi connectivity index (χ0n) is 15.7. The minimum atomic E-state index is -4.64. The fourth-order valence-corrected chi connectivity index (χ4v) is 2.79. The monoisotopic (exact) mass is 415 g/mol. The Balaban J connectivity index is 0.000000208. The molecule has 1 N–H and O–H groups in total. The van der Waals surface area contributed by atoms with Crippen molar-refractivity contribution in [2.75, 3.05) is 13.7 Å². The SMILES string of the molecule is C=CN1CCCn2nc(C(=O)O)cc2C1.COCc1ccc(C(F)(F)F)c(F)c1. The van der Waals surface area contributed by atoms with Crippen molar-refractivity contribution in [3.63, 3.8) is 0 Å². The van der Waals surface area contributed by atoms with Gasteiger partial charge in [-0.05, 0) is 36.4 Å². The Bertz CT molecular complexity index is 865. The van der Waals surface area contributed by atoms with E-state index in [4.69, 9.17) is 5.11 Å². The molecule has 3 rings (SSSR count). The van der Waals surface area contributed by atoms with Crippen molar-refractivity contribution in [1.29, 1.82) is 0 Å². The predicted octanol–water partition coefficient (Wildman–Crippen LogP) is 3.92. The molecule has 0 radical (unpaired) electrons. The Morgan fingerprint density at radius 1 is 1.34 bits per heavy atom. The van der Waals surface area contributed by atoms with E-state index >= 15 is 0 Å². The first kappa shape index (κ1) is 22.4. The lowest BCUT2D eigenvalue weighted by Crippen LogP contribution is -2.15. The molecule has 0 spiro atoms. The van der Waals surface area contributed by atoms with Crippen LogP contribution in [0, 0.1) is 5.82 Å². The van der Waals surface area contributed by atoms with E-state index in [2.05, 4.69) is 21.3 Å². The van der Waals surface area contributed by atoms with Crippen LogP contribution >= 0.6 is 0 Å². The lowest BCUT2D eigenvalue weighted by atomic mass is 10.1. The van der Waals surface area contributed by atoms with Crippen molar-refractivity contribution in [1.82, 2.24) is 14.7 Å². The lowest BCUT2D eigenvalue weighted by Gasteiger charge is -2.15. The van der Waals surface area contributed by atoms with E-state index in [-0.39, 0.29) is 12.3 Å². The highest BCUT2D eigenvalue weighted by Gasteiger charge is 2.33. The number of carbonyl (C=O) groups is 1. The second-order valence-corrected chi connectivity index (χ2v) is 6.30. The van der Waals surface area contributed by atoms with Gasteiger partial charge in [-0.3, -0.25) is 4.68 Å². The molecule has 1 aromatic carbocycles. The largest absolute Gasteiger partial charge is 0.476 e. The van der Waals surface area contributed by atoms with Gasteiger partial charge in [0.15, 0.2) is 5.69 Å².